The van der Waals surface area contributed by atoms with Gasteiger partial charge in [0.15, 0.2) is 0 Å². The standard InChI is InChI=1S/C18H26N2O3S/c21-10-11-24(22,23)20-17-6-5-16-15(7-9-19-16)18(17)8-1-2-14(12-18)13-3-4-13/h5-7,13-14,19-21H,1-4,8-12H2. The molecule has 5 nitrogen and oxygen atoms in total. The van der Waals surface area contributed by atoms with Gasteiger partial charge in [-0.15, -0.1) is 0 Å². The second-order valence-electron chi connectivity index (χ2n) is 7.58. The Balaban J connectivity index is 1.69. The lowest BCUT2D eigenvalue weighted by atomic mass is 9.61. The summed E-state index contributed by atoms with van der Waals surface area (Å²) < 4.78 is 27.4. The van der Waals surface area contributed by atoms with Crippen molar-refractivity contribution in [1.29, 1.82) is 0 Å². The second-order valence-corrected chi connectivity index (χ2v) is 9.42. The number of hydrogen-bond acceptors (Lipinski definition) is 4. The van der Waals surface area contributed by atoms with Gasteiger partial charge in [-0.05, 0) is 55.2 Å². The van der Waals surface area contributed by atoms with Crippen molar-refractivity contribution in [1.82, 2.24) is 10.0 Å². The van der Waals surface area contributed by atoms with Crippen molar-refractivity contribution in [2.45, 2.75) is 38.5 Å². The molecule has 1 heterocycles. The third-order valence-electron chi connectivity index (χ3n) is 6.04. The van der Waals surface area contributed by atoms with E-state index in [4.69, 9.17) is 5.11 Å². The van der Waals surface area contributed by atoms with Crippen molar-refractivity contribution >= 4 is 10.0 Å². The Morgan fingerprint density at radius 2 is 2.08 bits per heavy atom. The molecule has 2 saturated carbocycles. The Morgan fingerprint density at radius 3 is 2.83 bits per heavy atom. The molecule has 132 valence electrons. The van der Waals surface area contributed by atoms with E-state index >= 15 is 0 Å². The number of aliphatic hydroxyl groups excluding tert-OH is 1. The normalized spacial score (nSPS) is 32.5. The minimum Gasteiger partial charge on any atom is -0.395 e. The molecule has 1 spiro atoms. The molecule has 0 aromatic heterocycles. The number of fused-ring (bicyclic) bond motifs is 2. The van der Waals surface area contributed by atoms with Gasteiger partial charge in [0, 0.05) is 23.4 Å². The zero-order valence-corrected chi connectivity index (χ0v) is 14.7. The van der Waals surface area contributed by atoms with E-state index in [2.05, 4.69) is 16.1 Å². The third-order valence-corrected chi connectivity index (χ3v) is 7.29. The molecule has 3 aliphatic carbocycles. The summed E-state index contributed by atoms with van der Waals surface area (Å²) in [6.07, 6.45) is 13.3. The summed E-state index contributed by atoms with van der Waals surface area (Å²) in [5.74, 6) is 1.28. The molecule has 4 aliphatic rings. The second kappa shape index (κ2) is 5.92. The van der Waals surface area contributed by atoms with Crippen LogP contribution >= 0.6 is 0 Å². The minimum atomic E-state index is -3.50. The van der Waals surface area contributed by atoms with E-state index in [0.29, 0.717) is 5.92 Å². The summed E-state index contributed by atoms with van der Waals surface area (Å²) in [6.45, 7) is 0.465. The predicted molar refractivity (Wildman–Crippen MR) is 93.4 cm³/mol. The maximum Gasteiger partial charge on any atom is 0.234 e. The fraction of sp³-hybridized carbons (Fsp3) is 0.667. The molecule has 0 aromatic rings. The summed E-state index contributed by atoms with van der Waals surface area (Å²) in [7, 11) is -3.50. The number of aliphatic hydroxyl groups is 1. The highest BCUT2D eigenvalue weighted by molar-refractivity contribution is 7.89. The summed E-state index contributed by atoms with van der Waals surface area (Å²) in [5.41, 5.74) is 3.02. The molecule has 4 rings (SSSR count). The summed E-state index contributed by atoms with van der Waals surface area (Å²) in [4.78, 5) is 0. The highest BCUT2D eigenvalue weighted by Gasteiger charge is 2.49. The Morgan fingerprint density at radius 1 is 1.25 bits per heavy atom. The molecular formula is C18H26N2O3S. The fourth-order valence-corrected chi connectivity index (χ4v) is 5.73. The van der Waals surface area contributed by atoms with Crippen LogP contribution < -0.4 is 10.0 Å². The molecule has 6 heteroatoms. The lowest BCUT2D eigenvalue weighted by Gasteiger charge is -2.45. The van der Waals surface area contributed by atoms with Crippen molar-refractivity contribution in [3.63, 3.8) is 0 Å². The van der Waals surface area contributed by atoms with E-state index in [-0.39, 0.29) is 17.8 Å². The number of rotatable bonds is 5. The van der Waals surface area contributed by atoms with Crippen molar-refractivity contribution in [2.75, 3.05) is 18.9 Å². The molecule has 0 saturated heterocycles. The average molecular weight is 350 g/mol. The van der Waals surface area contributed by atoms with E-state index in [9.17, 15) is 8.42 Å². The van der Waals surface area contributed by atoms with Crippen LogP contribution in [0.1, 0.15) is 38.5 Å². The van der Waals surface area contributed by atoms with E-state index < -0.39 is 10.0 Å². The van der Waals surface area contributed by atoms with Gasteiger partial charge in [0.1, 0.15) is 0 Å². The van der Waals surface area contributed by atoms with Crippen LogP contribution in [0, 0.1) is 17.3 Å². The van der Waals surface area contributed by atoms with Gasteiger partial charge in [-0.1, -0.05) is 18.9 Å². The minimum absolute atomic E-state index is 0.207. The van der Waals surface area contributed by atoms with Gasteiger partial charge >= 0.3 is 0 Å². The van der Waals surface area contributed by atoms with Crippen molar-refractivity contribution < 1.29 is 13.5 Å². The Bertz CT molecular complexity index is 719. The Hall–Kier alpha value is -1.27. The predicted octanol–water partition coefficient (Wildman–Crippen LogP) is 1.80. The van der Waals surface area contributed by atoms with Crippen LogP contribution in [0.15, 0.2) is 35.2 Å². The van der Waals surface area contributed by atoms with Gasteiger partial charge in [-0.2, -0.15) is 0 Å². The van der Waals surface area contributed by atoms with Crippen LogP contribution in [0.25, 0.3) is 0 Å². The lowest BCUT2D eigenvalue weighted by Crippen LogP contribution is -2.43. The SMILES string of the molecule is O=S(=O)(CCO)NC1=CC=C2NCC=C2C12CCCC(C1CC1)C2. The first-order chi connectivity index (χ1) is 11.5. The van der Waals surface area contributed by atoms with Crippen LogP contribution in [0.2, 0.25) is 0 Å². The molecular weight excluding hydrogens is 324 g/mol. The van der Waals surface area contributed by atoms with Crippen molar-refractivity contribution in [2.24, 2.45) is 17.3 Å². The molecule has 1 aliphatic heterocycles. The first-order valence-electron chi connectivity index (χ1n) is 9.03. The number of hydrogen-bond donors (Lipinski definition) is 3. The van der Waals surface area contributed by atoms with Gasteiger partial charge in [0.05, 0.1) is 12.4 Å². The van der Waals surface area contributed by atoms with Gasteiger partial charge in [-0.25, -0.2) is 8.42 Å². The van der Waals surface area contributed by atoms with Gasteiger partial charge in [0.2, 0.25) is 10.0 Å². The third kappa shape index (κ3) is 2.80. The topological polar surface area (TPSA) is 78.4 Å². The van der Waals surface area contributed by atoms with Crippen LogP contribution in [0.4, 0.5) is 0 Å². The zero-order chi connectivity index (χ0) is 16.8. The van der Waals surface area contributed by atoms with E-state index in [1.54, 1.807) is 0 Å². The largest absolute Gasteiger partial charge is 0.395 e. The van der Waals surface area contributed by atoms with Gasteiger partial charge < -0.3 is 10.4 Å². The van der Waals surface area contributed by atoms with E-state index in [1.807, 2.05) is 12.2 Å². The highest BCUT2D eigenvalue weighted by atomic mass is 32.2. The molecule has 3 N–H and O–H groups in total. The van der Waals surface area contributed by atoms with Crippen LogP contribution in [-0.4, -0.2) is 32.4 Å². The smallest absolute Gasteiger partial charge is 0.234 e. The summed E-state index contributed by atoms with van der Waals surface area (Å²) >= 11 is 0. The number of allylic oxidation sites excluding steroid dienone is 4. The summed E-state index contributed by atoms with van der Waals surface area (Å²) in [6, 6.07) is 0. The average Bonchev–Trinajstić information content (AvgIpc) is 3.28. The maximum atomic E-state index is 12.3. The molecule has 0 bridgehead atoms. The molecule has 0 amide bonds. The first-order valence-corrected chi connectivity index (χ1v) is 10.7. The zero-order valence-electron chi connectivity index (χ0n) is 13.9. The van der Waals surface area contributed by atoms with E-state index in [1.165, 1.54) is 24.8 Å². The molecule has 2 fully saturated rings. The van der Waals surface area contributed by atoms with Crippen molar-refractivity contribution in [3.05, 3.63) is 35.2 Å². The van der Waals surface area contributed by atoms with Gasteiger partial charge in [-0.3, -0.25) is 4.72 Å². The quantitative estimate of drug-likeness (QED) is 0.706. The van der Waals surface area contributed by atoms with Crippen LogP contribution in [-0.2, 0) is 10.0 Å². The Labute approximate surface area is 144 Å². The molecule has 24 heavy (non-hydrogen) atoms. The molecule has 0 radical (unpaired) electrons. The monoisotopic (exact) mass is 350 g/mol. The van der Waals surface area contributed by atoms with Crippen LogP contribution in [0.5, 0.6) is 0 Å². The van der Waals surface area contributed by atoms with Gasteiger partial charge in [0.25, 0.3) is 0 Å². The highest BCUT2D eigenvalue weighted by Crippen LogP contribution is 2.57. The number of nitrogens with one attached hydrogen (secondary N) is 2. The fourth-order valence-electron chi connectivity index (χ4n) is 4.79. The van der Waals surface area contributed by atoms with Crippen LogP contribution in [0.3, 0.4) is 0 Å². The molecule has 2 atom stereocenters. The van der Waals surface area contributed by atoms with Crippen molar-refractivity contribution in [3.8, 4) is 0 Å². The molecule has 2 unspecified atom stereocenters. The Kier molecular flexibility index (Phi) is 4.00. The van der Waals surface area contributed by atoms with E-state index in [0.717, 1.165) is 43.1 Å². The maximum absolute atomic E-state index is 12.3. The first kappa shape index (κ1) is 16.2. The summed E-state index contributed by atoms with van der Waals surface area (Å²) in [5, 5.41) is 12.4. The lowest BCUT2D eigenvalue weighted by molar-refractivity contribution is 0.193. The number of sulfonamides is 1. The molecule has 0 aromatic carbocycles.